The normalized spacial score (nSPS) is 16.0. The average molecular weight is 360 g/mol. The molecule has 8 heteroatoms. The van der Waals surface area contributed by atoms with Crippen molar-refractivity contribution in [3.63, 3.8) is 0 Å². The highest BCUT2D eigenvalue weighted by atomic mass is 35.5. The Morgan fingerprint density at radius 3 is 2.67 bits per heavy atom. The number of benzene rings is 1. The molecular formula is C16H14ClF4N3. The molecule has 0 radical (unpaired) electrons. The van der Waals surface area contributed by atoms with Gasteiger partial charge in [-0.25, -0.2) is 4.39 Å². The minimum atomic E-state index is -4.55. The Bertz CT molecular complexity index is 763. The number of rotatable bonds is 2. The molecule has 0 saturated heterocycles. The molecule has 0 N–H and O–H groups in total. The third kappa shape index (κ3) is 3.17. The number of alkyl halides is 3. The Kier molecular flexibility index (Phi) is 4.38. The van der Waals surface area contributed by atoms with Gasteiger partial charge in [0.25, 0.3) is 0 Å². The van der Waals surface area contributed by atoms with Gasteiger partial charge in [-0.15, -0.1) is 5.10 Å². The van der Waals surface area contributed by atoms with Gasteiger partial charge >= 0.3 is 6.18 Å². The predicted octanol–water partition coefficient (Wildman–Crippen LogP) is 4.80. The van der Waals surface area contributed by atoms with Crippen LogP contribution in [-0.4, -0.2) is 16.7 Å². The van der Waals surface area contributed by atoms with Gasteiger partial charge in [-0.3, -0.25) is 0 Å². The first kappa shape index (κ1) is 17.0. The van der Waals surface area contributed by atoms with E-state index in [4.69, 9.17) is 11.6 Å². The van der Waals surface area contributed by atoms with Crippen molar-refractivity contribution in [3.8, 4) is 0 Å². The highest BCUT2D eigenvalue weighted by molar-refractivity contribution is 6.29. The second-order valence-electron chi connectivity index (χ2n) is 5.70. The Labute approximate surface area is 141 Å². The van der Waals surface area contributed by atoms with Crippen molar-refractivity contribution < 1.29 is 17.6 Å². The van der Waals surface area contributed by atoms with Crippen molar-refractivity contribution in [1.82, 2.24) is 10.2 Å². The molecule has 3 rings (SSSR count). The predicted molar refractivity (Wildman–Crippen MR) is 82.5 cm³/mol. The summed E-state index contributed by atoms with van der Waals surface area (Å²) in [5.41, 5.74) is 0.383. The van der Waals surface area contributed by atoms with Gasteiger partial charge in [-0.1, -0.05) is 11.6 Å². The van der Waals surface area contributed by atoms with Crippen LogP contribution in [0.15, 0.2) is 24.3 Å². The largest absolute Gasteiger partial charge is 0.416 e. The molecule has 0 fully saturated rings. The second-order valence-corrected chi connectivity index (χ2v) is 6.09. The van der Waals surface area contributed by atoms with E-state index in [-0.39, 0.29) is 10.7 Å². The van der Waals surface area contributed by atoms with Crippen LogP contribution in [0.25, 0.3) is 0 Å². The van der Waals surface area contributed by atoms with Crippen molar-refractivity contribution in [2.24, 2.45) is 0 Å². The lowest BCUT2D eigenvalue weighted by atomic mass is 9.97. The van der Waals surface area contributed by atoms with Gasteiger partial charge in [-0.05, 0) is 43.5 Å². The van der Waals surface area contributed by atoms with E-state index in [0.717, 1.165) is 24.6 Å². The van der Waals surface area contributed by atoms with E-state index in [1.165, 1.54) is 0 Å². The SMILES string of the molecule is C[C@H](c1cc(F)ccc1C(F)(F)F)N1CCCc2nnc(Cl)cc21. The van der Waals surface area contributed by atoms with Gasteiger partial charge < -0.3 is 4.90 Å². The van der Waals surface area contributed by atoms with Crippen molar-refractivity contribution in [2.75, 3.05) is 11.4 Å². The molecule has 128 valence electrons. The minimum absolute atomic E-state index is 0.108. The Hall–Kier alpha value is -1.89. The lowest BCUT2D eigenvalue weighted by Crippen LogP contribution is -2.33. The summed E-state index contributed by atoms with van der Waals surface area (Å²) >= 11 is 5.88. The maximum Gasteiger partial charge on any atom is 0.416 e. The quantitative estimate of drug-likeness (QED) is 0.721. The van der Waals surface area contributed by atoms with Gasteiger partial charge in [0.05, 0.1) is 23.0 Å². The number of nitrogens with zero attached hydrogens (tertiary/aromatic N) is 3. The van der Waals surface area contributed by atoms with E-state index in [1.54, 1.807) is 17.9 Å². The average Bonchev–Trinajstić information content (AvgIpc) is 2.52. The number of hydrogen-bond donors (Lipinski definition) is 0. The van der Waals surface area contributed by atoms with Crippen LogP contribution < -0.4 is 4.90 Å². The molecule has 1 aromatic carbocycles. The van der Waals surface area contributed by atoms with E-state index < -0.39 is 23.6 Å². The van der Waals surface area contributed by atoms with Crippen molar-refractivity contribution in [3.05, 3.63) is 52.1 Å². The molecule has 1 aliphatic rings. The van der Waals surface area contributed by atoms with Gasteiger partial charge in [0.1, 0.15) is 5.82 Å². The molecule has 0 bridgehead atoms. The fraction of sp³-hybridized carbons (Fsp3) is 0.375. The van der Waals surface area contributed by atoms with E-state index in [9.17, 15) is 17.6 Å². The summed E-state index contributed by atoms with van der Waals surface area (Å²) in [6.07, 6.45) is -3.15. The van der Waals surface area contributed by atoms with Crippen LogP contribution >= 0.6 is 11.6 Å². The molecule has 2 heterocycles. The Morgan fingerprint density at radius 1 is 1.21 bits per heavy atom. The van der Waals surface area contributed by atoms with E-state index >= 15 is 0 Å². The van der Waals surface area contributed by atoms with Crippen LogP contribution in [0.5, 0.6) is 0 Å². The molecule has 1 aliphatic heterocycles. The number of halogens is 5. The van der Waals surface area contributed by atoms with Crippen LogP contribution in [0.1, 0.15) is 36.2 Å². The van der Waals surface area contributed by atoms with Gasteiger partial charge in [0.2, 0.25) is 0 Å². The molecule has 3 nitrogen and oxygen atoms in total. The zero-order valence-electron chi connectivity index (χ0n) is 12.7. The van der Waals surface area contributed by atoms with E-state index in [0.29, 0.717) is 24.3 Å². The summed E-state index contributed by atoms with van der Waals surface area (Å²) < 4.78 is 53.4. The fourth-order valence-electron chi connectivity index (χ4n) is 3.06. The third-order valence-electron chi connectivity index (χ3n) is 4.18. The molecule has 1 aromatic heterocycles. The maximum absolute atomic E-state index is 13.6. The number of aromatic nitrogens is 2. The first-order valence-electron chi connectivity index (χ1n) is 7.43. The zero-order valence-corrected chi connectivity index (χ0v) is 13.5. The van der Waals surface area contributed by atoms with Crippen molar-refractivity contribution in [2.45, 2.75) is 32.0 Å². The Morgan fingerprint density at radius 2 is 1.96 bits per heavy atom. The first-order valence-corrected chi connectivity index (χ1v) is 7.80. The summed E-state index contributed by atoms with van der Waals surface area (Å²) in [6, 6.07) is 3.45. The third-order valence-corrected chi connectivity index (χ3v) is 4.36. The van der Waals surface area contributed by atoms with E-state index in [2.05, 4.69) is 10.2 Å². The molecule has 0 aliphatic carbocycles. The summed E-state index contributed by atoms with van der Waals surface area (Å²) in [6.45, 7) is 2.15. The molecule has 1 atom stereocenters. The summed E-state index contributed by atoms with van der Waals surface area (Å²) in [7, 11) is 0. The first-order chi connectivity index (χ1) is 11.3. The summed E-state index contributed by atoms with van der Waals surface area (Å²) in [5, 5.41) is 7.96. The number of hydrogen-bond acceptors (Lipinski definition) is 3. The molecule has 0 saturated carbocycles. The second kappa shape index (κ2) is 6.20. The van der Waals surface area contributed by atoms with Gasteiger partial charge in [0.15, 0.2) is 5.15 Å². The molecule has 0 spiro atoms. The van der Waals surface area contributed by atoms with Crippen LogP contribution in [0.3, 0.4) is 0 Å². The van der Waals surface area contributed by atoms with Crippen molar-refractivity contribution in [1.29, 1.82) is 0 Å². The highest BCUT2D eigenvalue weighted by Gasteiger charge is 2.36. The maximum atomic E-state index is 13.6. The number of anilines is 1. The number of aryl methyl sites for hydroxylation is 1. The van der Waals surface area contributed by atoms with Gasteiger partial charge in [0, 0.05) is 12.6 Å². The summed E-state index contributed by atoms with van der Waals surface area (Å²) in [5.74, 6) is -0.701. The fourth-order valence-corrected chi connectivity index (χ4v) is 3.20. The molecule has 2 aromatic rings. The molecule has 24 heavy (non-hydrogen) atoms. The molecule has 0 unspecified atom stereocenters. The number of fused-ring (bicyclic) bond motifs is 1. The molecule has 0 amide bonds. The zero-order chi connectivity index (χ0) is 17.5. The smallest absolute Gasteiger partial charge is 0.363 e. The summed E-state index contributed by atoms with van der Waals surface area (Å²) in [4.78, 5) is 1.77. The molecular weight excluding hydrogens is 346 g/mol. The lowest BCUT2D eigenvalue weighted by Gasteiger charge is -2.36. The van der Waals surface area contributed by atoms with Crippen LogP contribution in [0.2, 0.25) is 5.15 Å². The van der Waals surface area contributed by atoms with Crippen molar-refractivity contribution >= 4 is 17.3 Å². The van der Waals surface area contributed by atoms with Crippen LogP contribution in [0, 0.1) is 5.82 Å². The standard InChI is InChI=1S/C16H14ClF4N3/c1-9(11-7-10(18)4-5-12(11)16(19,20)21)24-6-2-3-13-14(24)8-15(17)23-22-13/h4-5,7-9H,2-3,6H2,1H3/t9-/m1/s1. The van der Waals surface area contributed by atoms with E-state index in [1.807, 2.05) is 0 Å². The lowest BCUT2D eigenvalue weighted by molar-refractivity contribution is -0.138. The van der Waals surface area contributed by atoms with Gasteiger partial charge in [-0.2, -0.15) is 18.3 Å². The minimum Gasteiger partial charge on any atom is -0.363 e. The monoisotopic (exact) mass is 359 g/mol. The Balaban J connectivity index is 2.07. The topological polar surface area (TPSA) is 29.0 Å². The van der Waals surface area contributed by atoms with Crippen LogP contribution in [0.4, 0.5) is 23.2 Å². The highest BCUT2D eigenvalue weighted by Crippen LogP contribution is 2.40. The van der Waals surface area contributed by atoms with Crippen LogP contribution in [-0.2, 0) is 12.6 Å².